The Hall–Kier alpha value is -1.29. The first-order chi connectivity index (χ1) is 8.65. The Kier molecular flexibility index (Phi) is 5.92. The number of halogens is 1. The van der Waals surface area contributed by atoms with Crippen molar-refractivity contribution in [3.63, 3.8) is 0 Å². The van der Waals surface area contributed by atoms with Crippen LogP contribution in [0.4, 0.5) is 4.39 Å². The van der Waals surface area contributed by atoms with Crippen molar-refractivity contribution in [2.24, 2.45) is 5.73 Å². The monoisotopic (exact) mass is 255 g/mol. The van der Waals surface area contributed by atoms with Crippen molar-refractivity contribution in [3.8, 4) is 11.5 Å². The summed E-state index contributed by atoms with van der Waals surface area (Å²) in [4.78, 5) is 0. The van der Waals surface area contributed by atoms with Gasteiger partial charge in [0.05, 0.1) is 14.2 Å². The van der Waals surface area contributed by atoms with Crippen LogP contribution in [0.15, 0.2) is 12.1 Å². The first kappa shape index (κ1) is 14.8. The van der Waals surface area contributed by atoms with Gasteiger partial charge in [-0.3, -0.25) is 0 Å². The lowest BCUT2D eigenvalue weighted by atomic mass is 10.0. The van der Waals surface area contributed by atoms with E-state index < -0.39 is 12.7 Å². The predicted molar refractivity (Wildman–Crippen MR) is 71.2 cm³/mol. The lowest BCUT2D eigenvalue weighted by Crippen LogP contribution is -2.25. The average Bonchev–Trinajstić information content (AvgIpc) is 2.39. The molecule has 3 nitrogen and oxygen atoms in total. The molecule has 0 aromatic heterocycles. The molecule has 0 heterocycles. The van der Waals surface area contributed by atoms with Gasteiger partial charge in [-0.15, -0.1) is 0 Å². The molecule has 0 radical (unpaired) electrons. The highest BCUT2D eigenvalue weighted by Gasteiger charge is 2.13. The second kappa shape index (κ2) is 7.21. The molecule has 0 aliphatic carbocycles. The van der Waals surface area contributed by atoms with Crippen molar-refractivity contribution in [2.45, 2.75) is 32.2 Å². The number of benzene rings is 1. The number of hydrogen-bond donors (Lipinski definition) is 1. The Balaban J connectivity index is 3.09. The molecule has 0 aliphatic rings. The van der Waals surface area contributed by atoms with Gasteiger partial charge in [0.25, 0.3) is 0 Å². The molecule has 0 fully saturated rings. The van der Waals surface area contributed by atoms with Crippen LogP contribution < -0.4 is 15.2 Å². The third-order valence-corrected chi connectivity index (χ3v) is 2.88. The zero-order valence-electron chi connectivity index (χ0n) is 11.3. The highest BCUT2D eigenvalue weighted by molar-refractivity contribution is 5.47. The summed E-state index contributed by atoms with van der Waals surface area (Å²) in [6, 6.07) is 3.36. The van der Waals surface area contributed by atoms with Crippen molar-refractivity contribution < 1.29 is 13.9 Å². The molecule has 1 atom stereocenters. The fraction of sp³-hybridized carbons (Fsp3) is 0.571. The van der Waals surface area contributed by atoms with Gasteiger partial charge in [-0.1, -0.05) is 13.3 Å². The van der Waals surface area contributed by atoms with Crippen molar-refractivity contribution >= 4 is 0 Å². The van der Waals surface area contributed by atoms with Gasteiger partial charge in [0, 0.05) is 6.04 Å². The van der Waals surface area contributed by atoms with Gasteiger partial charge in [0.15, 0.2) is 0 Å². The molecule has 0 unspecified atom stereocenters. The van der Waals surface area contributed by atoms with Crippen LogP contribution in [0.3, 0.4) is 0 Å². The summed E-state index contributed by atoms with van der Waals surface area (Å²) in [6.45, 7) is 1.57. The van der Waals surface area contributed by atoms with E-state index in [1.54, 1.807) is 14.2 Å². The van der Waals surface area contributed by atoms with Crippen LogP contribution in [-0.4, -0.2) is 26.9 Å². The summed E-state index contributed by atoms with van der Waals surface area (Å²) in [5.41, 5.74) is 7.64. The van der Waals surface area contributed by atoms with E-state index in [0.29, 0.717) is 6.42 Å². The lowest BCUT2D eigenvalue weighted by molar-refractivity contribution is 0.386. The molecule has 1 rings (SSSR count). The van der Waals surface area contributed by atoms with Crippen LogP contribution in [0, 0.1) is 0 Å². The molecule has 102 valence electrons. The molecular weight excluding hydrogens is 233 g/mol. The van der Waals surface area contributed by atoms with Crippen LogP contribution in [0.2, 0.25) is 0 Å². The van der Waals surface area contributed by atoms with Gasteiger partial charge in [-0.05, 0) is 36.1 Å². The number of hydrogen-bond acceptors (Lipinski definition) is 3. The summed E-state index contributed by atoms with van der Waals surface area (Å²) in [5, 5.41) is 0. The van der Waals surface area contributed by atoms with E-state index in [0.717, 1.165) is 35.5 Å². The maximum atomic E-state index is 12.5. The zero-order chi connectivity index (χ0) is 13.5. The fourth-order valence-corrected chi connectivity index (χ4v) is 1.99. The molecule has 0 saturated heterocycles. The molecule has 0 amide bonds. The number of methoxy groups -OCH3 is 2. The molecule has 0 spiro atoms. The molecule has 2 N–H and O–H groups in total. The number of aryl methyl sites for hydroxylation is 1. The Labute approximate surface area is 108 Å². The largest absolute Gasteiger partial charge is 0.496 e. The van der Waals surface area contributed by atoms with E-state index >= 15 is 0 Å². The molecule has 1 aromatic carbocycles. The van der Waals surface area contributed by atoms with Crippen molar-refractivity contribution in [1.29, 1.82) is 0 Å². The van der Waals surface area contributed by atoms with Gasteiger partial charge in [0.2, 0.25) is 0 Å². The van der Waals surface area contributed by atoms with Crippen LogP contribution in [0.1, 0.15) is 24.5 Å². The number of alkyl halides is 1. The number of nitrogens with two attached hydrogens (primary N) is 1. The van der Waals surface area contributed by atoms with Crippen molar-refractivity contribution in [3.05, 3.63) is 23.3 Å². The summed E-state index contributed by atoms with van der Waals surface area (Å²) in [6.07, 6.45) is 2.40. The SMILES string of the molecule is CCCc1cc(OC)c(C[C@@H](N)CF)cc1OC. The minimum absolute atomic E-state index is 0.447. The Bertz CT molecular complexity index is 382. The smallest absolute Gasteiger partial charge is 0.122 e. The van der Waals surface area contributed by atoms with Crippen LogP contribution in [-0.2, 0) is 12.8 Å². The summed E-state index contributed by atoms with van der Waals surface area (Å²) < 4.78 is 23.2. The van der Waals surface area contributed by atoms with Gasteiger partial charge < -0.3 is 15.2 Å². The van der Waals surface area contributed by atoms with Gasteiger partial charge in [-0.2, -0.15) is 0 Å². The fourth-order valence-electron chi connectivity index (χ4n) is 1.99. The first-order valence-electron chi connectivity index (χ1n) is 6.21. The third-order valence-electron chi connectivity index (χ3n) is 2.88. The lowest BCUT2D eigenvalue weighted by Gasteiger charge is -2.16. The highest BCUT2D eigenvalue weighted by atomic mass is 19.1. The van der Waals surface area contributed by atoms with Crippen molar-refractivity contribution in [1.82, 2.24) is 0 Å². The average molecular weight is 255 g/mol. The van der Waals surface area contributed by atoms with E-state index in [2.05, 4.69) is 6.92 Å². The van der Waals surface area contributed by atoms with E-state index in [1.165, 1.54) is 0 Å². The molecule has 18 heavy (non-hydrogen) atoms. The maximum Gasteiger partial charge on any atom is 0.122 e. The maximum absolute atomic E-state index is 12.5. The summed E-state index contributed by atoms with van der Waals surface area (Å²) in [7, 11) is 3.25. The quantitative estimate of drug-likeness (QED) is 0.814. The highest BCUT2D eigenvalue weighted by Crippen LogP contribution is 2.30. The summed E-state index contributed by atoms with van der Waals surface area (Å²) in [5.74, 6) is 1.57. The second-order valence-corrected chi connectivity index (χ2v) is 4.34. The normalized spacial score (nSPS) is 12.3. The molecule has 1 aromatic rings. The van der Waals surface area contributed by atoms with E-state index in [-0.39, 0.29) is 0 Å². The Morgan fingerprint density at radius 2 is 1.72 bits per heavy atom. The van der Waals surface area contributed by atoms with Gasteiger partial charge in [0.1, 0.15) is 18.2 Å². The van der Waals surface area contributed by atoms with Crippen LogP contribution in [0.5, 0.6) is 11.5 Å². The standard InChI is InChI=1S/C14H22FNO2/c1-4-5-10-7-14(18-3)11(6-12(16)9-15)8-13(10)17-2/h7-8,12H,4-6,9,16H2,1-3H3/t12-/m1/s1. The Morgan fingerprint density at radius 3 is 2.22 bits per heavy atom. The van der Waals surface area contributed by atoms with Gasteiger partial charge in [-0.25, -0.2) is 4.39 Å². The molecule has 4 heteroatoms. The molecule has 0 aliphatic heterocycles. The van der Waals surface area contributed by atoms with Crippen LogP contribution in [0.25, 0.3) is 0 Å². The minimum Gasteiger partial charge on any atom is -0.496 e. The van der Waals surface area contributed by atoms with Gasteiger partial charge >= 0.3 is 0 Å². The Morgan fingerprint density at radius 1 is 1.17 bits per heavy atom. The van der Waals surface area contributed by atoms with Crippen molar-refractivity contribution in [2.75, 3.05) is 20.9 Å². The topological polar surface area (TPSA) is 44.5 Å². The zero-order valence-corrected chi connectivity index (χ0v) is 11.3. The van der Waals surface area contributed by atoms with E-state index in [9.17, 15) is 4.39 Å². The first-order valence-corrected chi connectivity index (χ1v) is 6.21. The summed E-state index contributed by atoms with van der Waals surface area (Å²) >= 11 is 0. The van der Waals surface area contributed by atoms with E-state index in [4.69, 9.17) is 15.2 Å². The minimum atomic E-state index is -0.540. The molecular formula is C14H22FNO2. The predicted octanol–water partition coefficient (Wildman–Crippen LogP) is 2.50. The third kappa shape index (κ3) is 3.60. The van der Waals surface area contributed by atoms with Crippen LogP contribution >= 0.6 is 0 Å². The molecule has 0 saturated carbocycles. The molecule has 0 bridgehead atoms. The number of rotatable bonds is 7. The number of ether oxygens (including phenoxy) is 2. The van der Waals surface area contributed by atoms with E-state index in [1.807, 2.05) is 12.1 Å². The second-order valence-electron chi connectivity index (χ2n) is 4.34.